The first-order valence-corrected chi connectivity index (χ1v) is 10.8. The van der Waals surface area contributed by atoms with Gasteiger partial charge in [-0.25, -0.2) is 9.78 Å². The number of hydrogen-bond donors (Lipinski definition) is 1. The van der Waals surface area contributed by atoms with Gasteiger partial charge in [-0.3, -0.25) is 0 Å². The van der Waals surface area contributed by atoms with Crippen LogP contribution >= 0.6 is 11.3 Å². The molecular weight excluding hydrogens is 384 g/mol. The zero-order valence-corrected chi connectivity index (χ0v) is 17.6. The Hall–Kier alpha value is -2.80. The first-order valence-electron chi connectivity index (χ1n) is 9.94. The molecule has 1 saturated heterocycles. The highest BCUT2D eigenvalue weighted by Crippen LogP contribution is 2.29. The summed E-state index contributed by atoms with van der Waals surface area (Å²) in [6.45, 7) is 5.16. The highest BCUT2D eigenvalue weighted by atomic mass is 32.1. The second-order valence-corrected chi connectivity index (χ2v) is 8.25. The Morgan fingerprint density at radius 3 is 2.66 bits per heavy atom. The summed E-state index contributed by atoms with van der Waals surface area (Å²) in [5.41, 5.74) is 2.10. The monoisotopic (exact) mass is 410 g/mol. The lowest BCUT2D eigenvalue weighted by Crippen LogP contribution is -2.43. The molecular formula is C22H26N4O2S. The topological polar surface area (TPSA) is 57.7 Å². The van der Waals surface area contributed by atoms with Gasteiger partial charge in [0.15, 0.2) is 5.13 Å². The van der Waals surface area contributed by atoms with Crippen LogP contribution in [0.5, 0.6) is 5.75 Å². The number of carbonyl (C=O) groups excluding carboxylic acids is 1. The molecule has 1 atom stereocenters. The van der Waals surface area contributed by atoms with Gasteiger partial charge in [-0.2, -0.15) is 0 Å². The summed E-state index contributed by atoms with van der Waals surface area (Å²) in [6.07, 6.45) is 0.931. The minimum atomic E-state index is -0.0583. The van der Waals surface area contributed by atoms with E-state index in [1.807, 2.05) is 54.3 Å². The second-order valence-electron chi connectivity index (χ2n) is 7.24. The van der Waals surface area contributed by atoms with Crippen molar-refractivity contribution in [3.63, 3.8) is 0 Å². The van der Waals surface area contributed by atoms with Crippen LogP contribution in [-0.4, -0.2) is 49.2 Å². The molecule has 6 nitrogen and oxygen atoms in total. The number of nitrogens with zero attached hydrogens (tertiary/aromatic N) is 3. The molecule has 1 N–H and O–H groups in total. The van der Waals surface area contributed by atoms with Gasteiger partial charge in [0, 0.05) is 26.2 Å². The number of fused-ring (bicyclic) bond motifs is 1. The van der Waals surface area contributed by atoms with Gasteiger partial charge in [-0.1, -0.05) is 35.6 Å². The van der Waals surface area contributed by atoms with E-state index in [0.717, 1.165) is 48.0 Å². The lowest BCUT2D eigenvalue weighted by atomic mass is 10.1. The fourth-order valence-corrected chi connectivity index (χ4v) is 4.58. The van der Waals surface area contributed by atoms with Crippen LogP contribution in [0.3, 0.4) is 0 Å². The van der Waals surface area contributed by atoms with E-state index in [9.17, 15) is 4.79 Å². The van der Waals surface area contributed by atoms with Gasteiger partial charge < -0.3 is 19.9 Å². The fourth-order valence-electron chi connectivity index (χ4n) is 3.56. The van der Waals surface area contributed by atoms with Crippen molar-refractivity contribution in [2.24, 2.45) is 0 Å². The Bertz CT molecular complexity index is 939. The SMILES string of the molecule is COc1ccc([C@@H](C)NC(=O)N2CCCN(c3nc4ccccc4s3)CC2)cc1. The number of urea groups is 1. The van der Waals surface area contributed by atoms with Gasteiger partial charge in [-0.05, 0) is 43.2 Å². The van der Waals surface area contributed by atoms with E-state index in [4.69, 9.17) is 9.72 Å². The van der Waals surface area contributed by atoms with E-state index in [0.29, 0.717) is 6.54 Å². The van der Waals surface area contributed by atoms with Crippen LogP contribution < -0.4 is 15.0 Å². The standard InChI is InChI=1S/C22H26N4O2S/c1-16(17-8-10-18(28-2)11-9-17)23-21(27)25-12-5-13-26(15-14-25)22-24-19-6-3-4-7-20(19)29-22/h3-4,6-11,16H,5,12-15H2,1-2H3,(H,23,27)/t16-/m1/s1. The van der Waals surface area contributed by atoms with Crippen molar-refractivity contribution in [2.75, 3.05) is 38.2 Å². The molecule has 4 rings (SSSR count). The van der Waals surface area contributed by atoms with E-state index in [2.05, 4.69) is 16.3 Å². The van der Waals surface area contributed by atoms with Gasteiger partial charge >= 0.3 is 6.03 Å². The predicted molar refractivity (Wildman–Crippen MR) is 118 cm³/mol. The minimum Gasteiger partial charge on any atom is -0.497 e. The van der Waals surface area contributed by atoms with Gasteiger partial charge in [-0.15, -0.1) is 0 Å². The second kappa shape index (κ2) is 8.69. The van der Waals surface area contributed by atoms with Gasteiger partial charge in [0.05, 0.1) is 23.4 Å². The number of methoxy groups -OCH3 is 1. The molecule has 0 bridgehead atoms. The predicted octanol–water partition coefficient (Wildman–Crippen LogP) is 4.29. The number of para-hydroxylation sites is 1. The average molecular weight is 411 g/mol. The zero-order valence-electron chi connectivity index (χ0n) is 16.8. The number of hydrogen-bond acceptors (Lipinski definition) is 5. The molecule has 0 spiro atoms. The number of amides is 2. The fraction of sp³-hybridized carbons (Fsp3) is 0.364. The molecule has 0 saturated carbocycles. The number of nitrogens with one attached hydrogen (secondary N) is 1. The summed E-state index contributed by atoms with van der Waals surface area (Å²) in [7, 11) is 1.65. The van der Waals surface area contributed by atoms with Crippen molar-refractivity contribution in [2.45, 2.75) is 19.4 Å². The number of ether oxygens (including phenoxy) is 1. The lowest BCUT2D eigenvalue weighted by molar-refractivity contribution is 0.198. The zero-order chi connectivity index (χ0) is 20.2. The number of rotatable bonds is 4. The normalized spacial score (nSPS) is 15.8. The van der Waals surface area contributed by atoms with Crippen molar-refractivity contribution < 1.29 is 9.53 Å². The third-order valence-corrected chi connectivity index (χ3v) is 6.39. The van der Waals surface area contributed by atoms with Gasteiger partial charge in [0.1, 0.15) is 5.75 Å². The summed E-state index contributed by atoms with van der Waals surface area (Å²) < 4.78 is 6.40. The maximum absolute atomic E-state index is 12.8. The maximum atomic E-state index is 12.8. The Morgan fingerprint density at radius 1 is 1.10 bits per heavy atom. The summed E-state index contributed by atoms with van der Waals surface area (Å²) in [5, 5.41) is 4.16. The highest BCUT2D eigenvalue weighted by molar-refractivity contribution is 7.22. The van der Waals surface area contributed by atoms with Gasteiger partial charge in [0.2, 0.25) is 0 Å². The Kier molecular flexibility index (Phi) is 5.85. The van der Waals surface area contributed by atoms with Crippen LogP contribution in [0.1, 0.15) is 24.9 Å². The highest BCUT2D eigenvalue weighted by Gasteiger charge is 2.22. The summed E-state index contributed by atoms with van der Waals surface area (Å²) in [5.74, 6) is 0.815. The van der Waals surface area contributed by atoms with Gasteiger partial charge in [0.25, 0.3) is 0 Å². The lowest BCUT2D eigenvalue weighted by Gasteiger charge is -2.24. The van der Waals surface area contributed by atoms with E-state index >= 15 is 0 Å². The molecule has 1 aromatic heterocycles. The van der Waals surface area contributed by atoms with Crippen molar-refractivity contribution in [1.29, 1.82) is 0 Å². The molecule has 29 heavy (non-hydrogen) atoms. The summed E-state index contributed by atoms with van der Waals surface area (Å²) >= 11 is 1.72. The number of anilines is 1. The van der Waals surface area contributed by atoms with Crippen molar-refractivity contribution in [3.8, 4) is 5.75 Å². The summed E-state index contributed by atoms with van der Waals surface area (Å²) in [6, 6.07) is 16.0. The first kappa shape index (κ1) is 19.5. The van der Waals surface area contributed by atoms with E-state index < -0.39 is 0 Å². The molecule has 152 valence electrons. The molecule has 1 fully saturated rings. The van der Waals surface area contributed by atoms with Crippen LogP contribution in [0.4, 0.5) is 9.93 Å². The van der Waals surface area contributed by atoms with Crippen molar-refractivity contribution in [3.05, 3.63) is 54.1 Å². The quantitative estimate of drug-likeness (QED) is 0.697. The van der Waals surface area contributed by atoms with Crippen LogP contribution in [-0.2, 0) is 0 Å². The Morgan fingerprint density at radius 2 is 1.90 bits per heavy atom. The minimum absolute atomic E-state index is 0.0144. The molecule has 2 heterocycles. The number of carbonyl (C=O) groups is 1. The summed E-state index contributed by atoms with van der Waals surface area (Å²) in [4.78, 5) is 21.8. The molecule has 0 aliphatic carbocycles. The van der Waals surface area contributed by atoms with Crippen LogP contribution in [0.2, 0.25) is 0 Å². The van der Waals surface area contributed by atoms with Crippen LogP contribution in [0.25, 0.3) is 10.2 Å². The maximum Gasteiger partial charge on any atom is 0.317 e. The molecule has 0 unspecified atom stereocenters. The number of aromatic nitrogens is 1. The van der Waals surface area contributed by atoms with E-state index in [1.54, 1.807) is 18.4 Å². The molecule has 7 heteroatoms. The Labute approximate surface area is 175 Å². The van der Waals surface area contributed by atoms with E-state index in [1.165, 1.54) is 4.70 Å². The Balaban J connectivity index is 1.36. The molecule has 2 amide bonds. The number of benzene rings is 2. The smallest absolute Gasteiger partial charge is 0.317 e. The molecule has 0 radical (unpaired) electrons. The third kappa shape index (κ3) is 4.45. The molecule has 1 aliphatic rings. The van der Waals surface area contributed by atoms with E-state index in [-0.39, 0.29) is 12.1 Å². The average Bonchev–Trinajstić information content (AvgIpc) is 3.02. The van der Waals surface area contributed by atoms with Crippen LogP contribution in [0.15, 0.2) is 48.5 Å². The molecule has 1 aliphatic heterocycles. The first-order chi connectivity index (χ1) is 14.1. The largest absolute Gasteiger partial charge is 0.497 e. The molecule has 3 aromatic rings. The van der Waals surface area contributed by atoms with Crippen molar-refractivity contribution >= 4 is 32.7 Å². The third-order valence-electron chi connectivity index (χ3n) is 5.29. The van der Waals surface area contributed by atoms with Crippen LogP contribution in [0, 0.1) is 0 Å². The number of thiazole rings is 1. The molecule has 2 aromatic carbocycles. The van der Waals surface area contributed by atoms with Crippen molar-refractivity contribution in [1.82, 2.24) is 15.2 Å².